The van der Waals surface area contributed by atoms with Crippen molar-refractivity contribution in [2.45, 2.75) is 6.42 Å². The van der Waals surface area contributed by atoms with E-state index in [2.05, 4.69) is 15.5 Å². The molecular weight excluding hydrogens is 306 g/mol. The number of benzene rings is 1. The maximum atomic E-state index is 11.8. The summed E-state index contributed by atoms with van der Waals surface area (Å²) in [6.07, 6.45) is 0.836. The van der Waals surface area contributed by atoms with Gasteiger partial charge in [0.15, 0.2) is 0 Å². The lowest BCUT2D eigenvalue weighted by Crippen LogP contribution is -2.41. The molecule has 1 aromatic rings. The van der Waals surface area contributed by atoms with Crippen LogP contribution < -0.4 is 10.6 Å². The van der Waals surface area contributed by atoms with Gasteiger partial charge in [-0.1, -0.05) is 11.6 Å². The normalized spacial score (nSPS) is 15.3. The third kappa shape index (κ3) is 5.63. The van der Waals surface area contributed by atoms with Crippen LogP contribution in [-0.2, 0) is 4.74 Å². The van der Waals surface area contributed by atoms with Gasteiger partial charge in [-0.25, -0.2) is 4.79 Å². The van der Waals surface area contributed by atoms with Crippen molar-refractivity contribution in [1.82, 2.24) is 15.5 Å². The van der Waals surface area contributed by atoms with Crippen LogP contribution in [0.2, 0.25) is 5.02 Å². The number of urea groups is 1. The molecule has 0 atom stereocenters. The number of imide groups is 1. The van der Waals surface area contributed by atoms with Gasteiger partial charge < -0.3 is 10.1 Å². The third-order valence-corrected chi connectivity index (χ3v) is 3.63. The molecule has 2 N–H and O–H groups in total. The third-order valence-electron chi connectivity index (χ3n) is 3.37. The zero-order chi connectivity index (χ0) is 15.8. The fraction of sp³-hybridized carbons (Fsp3) is 0.467. The summed E-state index contributed by atoms with van der Waals surface area (Å²) in [5, 5.41) is 5.51. The topological polar surface area (TPSA) is 70.7 Å². The molecular formula is C15H20ClN3O3. The van der Waals surface area contributed by atoms with Crippen LogP contribution in [0.25, 0.3) is 0 Å². The van der Waals surface area contributed by atoms with Gasteiger partial charge in [-0.05, 0) is 37.2 Å². The molecule has 1 aliphatic heterocycles. The Balaban J connectivity index is 1.62. The molecule has 0 unspecified atom stereocenters. The van der Waals surface area contributed by atoms with Gasteiger partial charge in [0.2, 0.25) is 0 Å². The van der Waals surface area contributed by atoms with Crippen LogP contribution in [0.5, 0.6) is 0 Å². The first-order valence-electron chi connectivity index (χ1n) is 7.30. The van der Waals surface area contributed by atoms with Gasteiger partial charge in [0.05, 0.1) is 13.2 Å². The van der Waals surface area contributed by atoms with Crippen LogP contribution >= 0.6 is 11.6 Å². The van der Waals surface area contributed by atoms with Gasteiger partial charge in [0.1, 0.15) is 0 Å². The smallest absolute Gasteiger partial charge is 0.321 e. The first kappa shape index (κ1) is 16.7. The molecule has 1 saturated heterocycles. The zero-order valence-corrected chi connectivity index (χ0v) is 13.1. The van der Waals surface area contributed by atoms with Crippen molar-refractivity contribution < 1.29 is 14.3 Å². The maximum Gasteiger partial charge on any atom is 0.321 e. The molecule has 0 saturated carbocycles. The number of carbonyl (C=O) groups is 2. The fourth-order valence-corrected chi connectivity index (χ4v) is 2.28. The lowest BCUT2D eigenvalue weighted by molar-refractivity contribution is 0.0375. The van der Waals surface area contributed by atoms with Crippen molar-refractivity contribution in [2.75, 3.05) is 39.4 Å². The lowest BCUT2D eigenvalue weighted by Gasteiger charge is -2.26. The van der Waals surface area contributed by atoms with Crippen LogP contribution in [0, 0.1) is 0 Å². The summed E-state index contributed by atoms with van der Waals surface area (Å²) < 4.78 is 5.27. The second kappa shape index (κ2) is 8.73. The Kier molecular flexibility index (Phi) is 6.64. The van der Waals surface area contributed by atoms with Crippen molar-refractivity contribution >= 4 is 23.5 Å². The van der Waals surface area contributed by atoms with Crippen molar-refractivity contribution in [1.29, 1.82) is 0 Å². The number of carbonyl (C=O) groups excluding carboxylic acids is 2. The number of rotatable bonds is 5. The van der Waals surface area contributed by atoms with Gasteiger partial charge in [-0.3, -0.25) is 15.0 Å². The molecule has 0 radical (unpaired) electrons. The SMILES string of the molecule is O=C(NCCCN1CCOCC1)NC(=O)c1ccc(Cl)cc1. The molecule has 3 amide bonds. The molecule has 0 spiro atoms. The number of ether oxygens (including phenoxy) is 1. The molecule has 1 fully saturated rings. The van der Waals surface area contributed by atoms with E-state index < -0.39 is 11.9 Å². The summed E-state index contributed by atoms with van der Waals surface area (Å²) >= 11 is 5.75. The number of nitrogens with one attached hydrogen (secondary N) is 2. The summed E-state index contributed by atoms with van der Waals surface area (Å²) in [5.41, 5.74) is 0.396. The number of halogens is 1. The zero-order valence-electron chi connectivity index (χ0n) is 12.3. The lowest BCUT2D eigenvalue weighted by atomic mass is 10.2. The van der Waals surface area contributed by atoms with E-state index in [-0.39, 0.29) is 0 Å². The van der Waals surface area contributed by atoms with E-state index in [4.69, 9.17) is 16.3 Å². The van der Waals surface area contributed by atoms with Crippen LogP contribution in [0.15, 0.2) is 24.3 Å². The highest BCUT2D eigenvalue weighted by atomic mass is 35.5. The maximum absolute atomic E-state index is 11.8. The highest BCUT2D eigenvalue weighted by Gasteiger charge is 2.11. The van der Waals surface area contributed by atoms with Crippen molar-refractivity contribution in [3.8, 4) is 0 Å². The monoisotopic (exact) mass is 325 g/mol. The second-order valence-corrected chi connectivity index (χ2v) is 5.46. The molecule has 22 heavy (non-hydrogen) atoms. The van der Waals surface area contributed by atoms with Crippen LogP contribution in [0.4, 0.5) is 4.79 Å². The highest BCUT2D eigenvalue weighted by Crippen LogP contribution is 2.09. The van der Waals surface area contributed by atoms with Gasteiger partial charge in [0, 0.05) is 30.2 Å². The quantitative estimate of drug-likeness (QED) is 0.805. The van der Waals surface area contributed by atoms with E-state index in [0.29, 0.717) is 17.1 Å². The van der Waals surface area contributed by atoms with Gasteiger partial charge in [-0.2, -0.15) is 0 Å². The van der Waals surface area contributed by atoms with Crippen molar-refractivity contribution in [3.05, 3.63) is 34.9 Å². The van der Waals surface area contributed by atoms with E-state index in [9.17, 15) is 9.59 Å². The Morgan fingerprint density at radius 1 is 1.18 bits per heavy atom. The second-order valence-electron chi connectivity index (χ2n) is 5.02. The highest BCUT2D eigenvalue weighted by molar-refractivity contribution is 6.30. The summed E-state index contributed by atoms with van der Waals surface area (Å²) in [7, 11) is 0. The Labute approximate surface area is 134 Å². The Bertz CT molecular complexity index is 501. The van der Waals surface area contributed by atoms with E-state index in [1.165, 1.54) is 0 Å². The standard InChI is InChI=1S/C15H20ClN3O3/c16-13-4-2-12(3-5-13)14(20)18-15(21)17-6-1-7-19-8-10-22-11-9-19/h2-5H,1,6-11H2,(H2,17,18,20,21). The molecule has 0 aromatic heterocycles. The molecule has 120 valence electrons. The predicted molar refractivity (Wildman–Crippen MR) is 84.2 cm³/mol. The largest absolute Gasteiger partial charge is 0.379 e. The number of hydrogen-bond acceptors (Lipinski definition) is 4. The number of hydrogen-bond donors (Lipinski definition) is 2. The summed E-state index contributed by atoms with van der Waals surface area (Å²) in [5.74, 6) is -0.442. The minimum atomic E-state index is -0.484. The van der Waals surface area contributed by atoms with E-state index in [1.54, 1.807) is 24.3 Å². The first-order chi connectivity index (χ1) is 10.6. The average Bonchev–Trinajstić information content (AvgIpc) is 2.53. The molecule has 1 aliphatic rings. The number of nitrogens with zero attached hydrogens (tertiary/aromatic N) is 1. The Morgan fingerprint density at radius 2 is 1.86 bits per heavy atom. The summed E-state index contributed by atoms with van der Waals surface area (Å²) in [6.45, 7) is 4.83. The average molecular weight is 326 g/mol. The Hall–Kier alpha value is -1.63. The van der Waals surface area contributed by atoms with Gasteiger partial charge in [-0.15, -0.1) is 0 Å². The van der Waals surface area contributed by atoms with E-state index in [1.807, 2.05) is 0 Å². The first-order valence-corrected chi connectivity index (χ1v) is 7.68. The van der Waals surface area contributed by atoms with Crippen molar-refractivity contribution in [2.24, 2.45) is 0 Å². The van der Waals surface area contributed by atoms with E-state index in [0.717, 1.165) is 39.3 Å². The van der Waals surface area contributed by atoms with Crippen molar-refractivity contribution in [3.63, 3.8) is 0 Å². The predicted octanol–water partition coefficient (Wildman–Crippen LogP) is 1.50. The molecule has 6 nitrogen and oxygen atoms in total. The number of morpholine rings is 1. The molecule has 1 aromatic carbocycles. The van der Waals surface area contributed by atoms with Gasteiger partial charge in [0.25, 0.3) is 5.91 Å². The minimum absolute atomic E-state index is 0.396. The van der Waals surface area contributed by atoms with E-state index >= 15 is 0 Å². The molecule has 0 bridgehead atoms. The number of amides is 3. The van der Waals surface area contributed by atoms with Crippen LogP contribution in [-0.4, -0.2) is 56.2 Å². The molecule has 0 aliphatic carbocycles. The van der Waals surface area contributed by atoms with Crippen LogP contribution in [0.1, 0.15) is 16.8 Å². The van der Waals surface area contributed by atoms with Crippen LogP contribution in [0.3, 0.4) is 0 Å². The molecule has 1 heterocycles. The van der Waals surface area contributed by atoms with Gasteiger partial charge >= 0.3 is 6.03 Å². The fourth-order valence-electron chi connectivity index (χ4n) is 2.15. The Morgan fingerprint density at radius 3 is 2.55 bits per heavy atom. The molecule has 7 heteroatoms. The minimum Gasteiger partial charge on any atom is -0.379 e. The summed E-state index contributed by atoms with van der Waals surface area (Å²) in [6, 6.07) is 5.88. The molecule has 2 rings (SSSR count). The summed E-state index contributed by atoms with van der Waals surface area (Å²) in [4.78, 5) is 25.7.